The first kappa shape index (κ1) is 14.4. The fourth-order valence-electron chi connectivity index (χ4n) is 2.23. The third-order valence-corrected chi connectivity index (χ3v) is 5.13. The van der Waals surface area contributed by atoms with Gasteiger partial charge in [0.15, 0.2) is 16.1 Å². The minimum atomic E-state index is -3.29. The summed E-state index contributed by atoms with van der Waals surface area (Å²) in [6.45, 7) is 1.37. The van der Waals surface area contributed by atoms with Gasteiger partial charge in [0.1, 0.15) is 11.0 Å². The molecular weight excluding hydrogens is 246 g/mol. The number of nitriles is 1. The third-order valence-electron chi connectivity index (χ3n) is 3.38. The topological polar surface area (TPSA) is 96.6 Å². The van der Waals surface area contributed by atoms with Gasteiger partial charge in [0, 0.05) is 14.2 Å². The van der Waals surface area contributed by atoms with Crippen molar-refractivity contribution in [2.24, 2.45) is 5.41 Å². The van der Waals surface area contributed by atoms with Crippen molar-refractivity contribution >= 4 is 9.84 Å². The Hall–Kier alpha value is -0.680. The maximum Gasteiger partial charge on any atom is 0.186 e. The molecule has 98 valence electrons. The standard InChI is InChI=1S/C10H17NO5S/c1-9(12,8(15-2)16-3)10(6-11)4-5-17(13,14)7-10/h8,12H,4-5,7H2,1-3H3. The Morgan fingerprint density at radius 1 is 1.47 bits per heavy atom. The molecule has 0 aromatic rings. The molecule has 1 N–H and O–H groups in total. The molecule has 0 aromatic carbocycles. The lowest BCUT2D eigenvalue weighted by Gasteiger charge is -2.40. The second-order valence-corrected chi connectivity index (χ2v) is 6.67. The van der Waals surface area contributed by atoms with Crippen molar-refractivity contribution in [3.63, 3.8) is 0 Å². The highest BCUT2D eigenvalue weighted by molar-refractivity contribution is 7.91. The van der Waals surface area contributed by atoms with Crippen molar-refractivity contribution in [2.75, 3.05) is 25.7 Å². The number of hydrogen-bond donors (Lipinski definition) is 1. The average Bonchev–Trinajstić information content (AvgIpc) is 2.57. The first-order chi connectivity index (χ1) is 7.74. The number of hydrogen-bond acceptors (Lipinski definition) is 6. The fraction of sp³-hybridized carbons (Fsp3) is 0.900. The van der Waals surface area contributed by atoms with Gasteiger partial charge in [0.05, 0.1) is 17.6 Å². The number of rotatable bonds is 4. The molecule has 0 aromatic heterocycles. The lowest BCUT2D eigenvalue weighted by atomic mass is 9.73. The smallest absolute Gasteiger partial charge is 0.186 e. The van der Waals surface area contributed by atoms with Gasteiger partial charge in [0.25, 0.3) is 0 Å². The lowest BCUT2D eigenvalue weighted by molar-refractivity contribution is -0.236. The molecule has 0 amide bonds. The van der Waals surface area contributed by atoms with Crippen molar-refractivity contribution in [1.82, 2.24) is 0 Å². The minimum Gasteiger partial charge on any atom is -0.383 e. The van der Waals surface area contributed by atoms with Crippen LogP contribution in [0.1, 0.15) is 13.3 Å². The Morgan fingerprint density at radius 2 is 2.00 bits per heavy atom. The average molecular weight is 263 g/mol. The van der Waals surface area contributed by atoms with Gasteiger partial charge in [-0.3, -0.25) is 0 Å². The molecule has 1 rings (SSSR count). The number of sulfone groups is 1. The van der Waals surface area contributed by atoms with E-state index in [-0.39, 0.29) is 17.9 Å². The number of ether oxygens (including phenoxy) is 2. The Morgan fingerprint density at radius 3 is 2.29 bits per heavy atom. The van der Waals surface area contributed by atoms with E-state index >= 15 is 0 Å². The summed E-state index contributed by atoms with van der Waals surface area (Å²) in [6.07, 6.45) is -0.961. The van der Waals surface area contributed by atoms with E-state index in [0.717, 1.165) is 0 Å². The molecular formula is C10H17NO5S. The molecule has 0 bridgehead atoms. The monoisotopic (exact) mass is 263 g/mol. The molecule has 1 heterocycles. The second kappa shape index (κ2) is 4.53. The van der Waals surface area contributed by atoms with Gasteiger partial charge < -0.3 is 14.6 Å². The van der Waals surface area contributed by atoms with Crippen LogP contribution in [0.3, 0.4) is 0 Å². The van der Waals surface area contributed by atoms with Crippen molar-refractivity contribution in [3.05, 3.63) is 0 Å². The van der Waals surface area contributed by atoms with Gasteiger partial charge in [-0.1, -0.05) is 0 Å². The molecule has 2 unspecified atom stereocenters. The Bertz CT molecular complexity index is 420. The minimum absolute atomic E-state index is 0.0854. The summed E-state index contributed by atoms with van der Waals surface area (Å²) in [4.78, 5) is 0. The Balaban J connectivity index is 3.15. The van der Waals surface area contributed by atoms with Gasteiger partial charge in [-0.25, -0.2) is 8.42 Å². The van der Waals surface area contributed by atoms with Gasteiger partial charge in [-0.15, -0.1) is 0 Å². The van der Waals surface area contributed by atoms with Crippen molar-refractivity contribution in [3.8, 4) is 6.07 Å². The molecule has 1 saturated heterocycles. The van der Waals surface area contributed by atoms with Gasteiger partial charge in [0.2, 0.25) is 0 Å². The molecule has 0 radical (unpaired) electrons. The normalized spacial score (nSPS) is 31.1. The van der Waals surface area contributed by atoms with Crippen LogP contribution in [0.4, 0.5) is 0 Å². The molecule has 1 aliphatic rings. The second-order valence-electron chi connectivity index (χ2n) is 4.49. The van der Waals surface area contributed by atoms with Crippen LogP contribution in [0, 0.1) is 16.7 Å². The van der Waals surface area contributed by atoms with E-state index in [1.807, 2.05) is 6.07 Å². The Labute approximate surface area is 101 Å². The van der Waals surface area contributed by atoms with Gasteiger partial charge in [-0.05, 0) is 13.3 Å². The van der Waals surface area contributed by atoms with Gasteiger partial charge in [-0.2, -0.15) is 5.26 Å². The zero-order valence-corrected chi connectivity index (χ0v) is 11.0. The molecule has 7 heteroatoms. The molecule has 6 nitrogen and oxygen atoms in total. The van der Waals surface area contributed by atoms with Crippen molar-refractivity contribution < 1.29 is 23.0 Å². The third kappa shape index (κ3) is 2.31. The van der Waals surface area contributed by atoms with E-state index < -0.39 is 27.1 Å². The van der Waals surface area contributed by atoms with Crippen LogP contribution in [0.15, 0.2) is 0 Å². The van der Waals surface area contributed by atoms with Crippen LogP contribution in [-0.4, -0.2) is 51.1 Å². The lowest BCUT2D eigenvalue weighted by Crippen LogP contribution is -2.55. The first-order valence-corrected chi connectivity index (χ1v) is 6.96. The SMILES string of the molecule is COC(OC)C(C)(O)C1(C#N)CCS(=O)(=O)C1. The quantitative estimate of drug-likeness (QED) is 0.698. The molecule has 1 fully saturated rings. The zero-order valence-electron chi connectivity index (χ0n) is 10.1. The molecule has 0 spiro atoms. The van der Waals surface area contributed by atoms with Crippen LogP contribution < -0.4 is 0 Å². The van der Waals surface area contributed by atoms with Crippen LogP contribution in [0.25, 0.3) is 0 Å². The summed E-state index contributed by atoms with van der Waals surface area (Å²) in [5, 5.41) is 19.7. The predicted octanol–water partition coefficient (Wildman–Crippen LogP) is -0.315. The predicted molar refractivity (Wildman–Crippen MR) is 59.7 cm³/mol. The fourth-order valence-corrected chi connectivity index (χ4v) is 4.29. The molecule has 0 saturated carbocycles. The van der Waals surface area contributed by atoms with Crippen LogP contribution in [0.2, 0.25) is 0 Å². The van der Waals surface area contributed by atoms with Crippen LogP contribution >= 0.6 is 0 Å². The highest BCUT2D eigenvalue weighted by Gasteiger charge is 2.58. The first-order valence-electron chi connectivity index (χ1n) is 5.14. The van der Waals surface area contributed by atoms with E-state index in [0.29, 0.717) is 0 Å². The van der Waals surface area contributed by atoms with E-state index in [4.69, 9.17) is 9.47 Å². The van der Waals surface area contributed by atoms with Gasteiger partial charge >= 0.3 is 0 Å². The summed E-state index contributed by atoms with van der Waals surface area (Å²) >= 11 is 0. The largest absolute Gasteiger partial charge is 0.383 e. The van der Waals surface area contributed by atoms with E-state index in [1.165, 1.54) is 21.1 Å². The number of nitrogens with zero attached hydrogens (tertiary/aromatic N) is 1. The summed E-state index contributed by atoms with van der Waals surface area (Å²) in [7, 11) is -0.632. The number of methoxy groups -OCH3 is 2. The summed E-state index contributed by atoms with van der Waals surface area (Å²) < 4.78 is 32.9. The van der Waals surface area contributed by atoms with Crippen molar-refractivity contribution in [1.29, 1.82) is 5.26 Å². The highest BCUT2D eigenvalue weighted by atomic mass is 32.2. The maximum atomic E-state index is 11.5. The molecule has 2 atom stereocenters. The van der Waals surface area contributed by atoms with Crippen LogP contribution in [0.5, 0.6) is 0 Å². The Kier molecular flexibility index (Phi) is 3.84. The molecule has 0 aliphatic carbocycles. The maximum absolute atomic E-state index is 11.5. The van der Waals surface area contributed by atoms with Crippen molar-refractivity contribution in [2.45, 2.75) is 25.2 Å². The van der Waals surface area contributed by atoms with E-state index in [9.17, 15) is 18.8 Å². The van der Waals surface area contributed by atoms with E-state index in [2.05, 4.69) is 0 Å². The summed E-state index contributed by atoms with van der Waals surface area (Å²) in [5.41, 5.74) is -3.07. The molecule has 1 aliphatic heterocycles. The van der Waals surface area contributed by atoms with E-state index in [1.54, 1.807) is 0 Å². The molecule has 17 heavy (non-hydrogen) atoms. The number of aliphatic hydroxyl groups is 1. The summed E-state index contributed by atoms with van der Waals surface area (Å²) in [6, 6.07) is 1.93. The summed E-state index contributed by atoms with van der Waals surface area (Å²) in [5.74, 6) is -0.469. The zero-order chi connectivity index (χ0) is 13.3. The van der Waals surface area contributed by atoms with Crippen LogP contribution in [-0.2, 0) is 19.3 Å². The highest BCUT2D eigenvalue weighted by Crippen LogP contribution is 2.44.